The second kappa shape index (κ2) is 6.23. The zero-order chi connectivity index (χ0) is 9.68. The molecule has 0 aliphatic carbocycles. The van der Waals surface area contributed by atoms with Crippen molar-refractivity contribution in [3.8, 4) is 5.75 Å². The van der Waals surface area contributed by atoms with E-state index >= 15 is 0 Å². The molecule has 4 heteroatoms. The summed E-state index contributed by atoms with van der Waals surface area (Å²) in [6, 6.07) is 7.14. The summed E-state index contributed by atoms with van der Waals surface area (Å²) in [7, 11) is 3.41. The molecule has 3 radical (unpaired) electrons. The Morgan fingerprint density at radius 1 is 1.23 bits per heavy atom. The maximum atomic E-state index is 5.54. The fourth-order valence-electron chi connectivity index (χ4n) is 0.829. The van der Waals surface area contributed by atoms with Gasteiger partial charge >= 0.3 is 0 Å². The lowest BCUT2D eigenvalue weighted by atomic mass is 10.3. The molecule has 0 saturated carbocycles. The highest BCUT2D eigenvalue weighted by molar-refractivity contribution is 14.1. The van der Waals surface area contributed by atoms with Gasteiger partial charge in [0.1, 0.15) is 5.75 Å². The van der Waals surface area contributed by atoms with E-state index in [-0.39, 0.29) is 0 Å². The van der Waals surface area contributed by atoms with Gasteiger partial charge in [0, 0.05) is 17.4 Å². The van der Waals surface area contributed by atoms with Gasteiger partial charge in [-0.15, -0.1) is 0 Å². The SMILES string of the molecule is [Si]CCCOc1ccc(I)c(I)c1. The minimum absolute atomic E-state index is 0.778. The van der Waals surface area contributed by atoms with Crippen LogP contribution in [-0.4, -0.2) is 16.8 Å². The van der Waals surface area contributed by atoms with Crippen LogP contribution in [-0.2, 0) is 0 Å². The predicted octanol–water partition coefficient (Wildman–Crippen LogP) is 3.25. The smallest absolute Gasteiger partial charge is 0.120 e. The third-order valence-corrected chi connectivity index (χ3v) is 4.70. The molecule has 1 aromatic rings. The van der Waals surface area contributed by atoms with Crippen molar-refractivity contribution in [1.29, 1.82) is 0 Å². The van der Waals surface area contributed by atoms with Crippen molar-refractivity contribution in [2.75, 3.05) is 6.61 Å². The molecule has 0 atom stereocenters. The molecule has 13 heavy (non-hydrogen) atoms. The van der Waals surface area contributed by atoms with E-state index in [1.807, 2.05) is 6.07 Å². The van der Waals surface area contributed by atoms with E-state index in [4.69, 9.17) is 4.74 Å². The molecule has 0 N–H and O–H groups in total. The molecule has 1 aromatic carbocycles. The molecular weight excluding hydrogens is 406 g/mol. The first-order valence-electron chi connectivity index (χ1n) is 3.96. The van der Waals surface area contributed by atoms with Crippen LogP contribution in [0, 0.1) is 7.14 Å². The highest BCUT2D eigenvalue weighted by atomic mass is 127. The summed E-state index contributed by atoms with van der Waals surface area (Å²) < 4.78 is 8.06. The van der Waals surface area contributed by atoms with Crippen LogP contribution in [0.4, 0.5) is 0 Å². The molecule has 0 saturated heterocycles. The fraction of sp³-hybridized carbons (Fsp3) is 0.333. The van der Waals surface area contributed by atoms with Crippen molar-refractivity contribution in [1.82, 2.24) is 0 Å². The third-order valence-electron chi connectivity index (χ3n) is 1.48. The van der Waals surface area contributed by atoms with Gasteiger partial charge in [0.05, 0.1) is 6.61 Å². The molecule has 0 unspecified atom stereocenters. The fourth-order valence-corrected chi connectivity index (χ4v) is 1.80. The molecule has 69 valence electrons. The van der Waals surface area contributed by atoms with Crippen LogP contribution in [0.25, 0.3) is 0 Å². The maximum absolute atomic E-state index is 5.54. The molecular formula is C9H9I2OSi. The normalized spacial score (nSPS) is 10.1. The lowest BCUT2D eigenvalue weighted by Crippen LogP contribution is -1.97. The lowest BCUT2D eigenvalue weighted by Gasteiger charge is -2.05. The molecule has 0 amide bonds. The Bertz CT molecular complexity index is 278. The Morgan fingerprint density at radius 2 is 2.00 bits per heavy atom. The van der Waals surface area contributed by atoms with Gasteiger partial charge < -0.3 is 4.74 Å². The molecule has 0 bridgehead atoms. The average molecular weight is 415 g/mol. The molecule has 0 aromatic heterocycles. The van der Waals surface area contributed by atoms with Gasteiger partial charge in [-0.2, -0.15) is 0 Å². The average Bonchev–Trinajstić information content (AvgIpc) is 2.12. The number of hydrogen-bond donors (Lipinski definition) is 0. The van der Waals surface area contributed by atoms with E-state index in [1.165, 1.54) is 7.14 Å². The van der Waals surface area contributed by atoms with Crippen LogP contribution in [0.2, 0.25) is 6.04 Å². The van der Waals surface area contributed by atoms with Crippen LogP contribution in [0.5, 0.6) is 5.75 Å². The first kappa shape index (κ1) is 11.8. The topological polar surface area (TPSA) is 9.23 Å². The summed E-state index contributed by atoms with van der Waals surface area (Å²) in [6.45, 7) is 0.778. The predicted molar refractivity (Wildman–Crippen MR) is 72.5 cm³/mol. The van der Waals surface area contributed by atoms with Gasteiger partial charge in [-0.25, -0.2) is 0 Å². The quantitative estimate of drug-likeness (QED) is 0.417. The summed E-state index contributed by atoms with van der Waals surface area (Å²) >= 11 is 4.63. The molecule has 0 aliphatic rings. The lowest BCUT2D eigenvalue weighted by molar-refractivity contribution is 0.317. The third kappa shape index (κ3) is 4.16. The van der Waals surface area contributed by atoms with E-state index < -0.39 is 0 Å². The van der Waals surface area contributed by atoms with Gasteiger partial charge in [0.15, 0.2) is 0 Å². The Labute approximate surface area is 109 Å². The van der Waals surface area contributed by atoms with Crippen LogP contribution < -0.4 is 4.74 Å². The van der Waals surface area contributed by atoms with Crippen LogP contribution in [0.3, 0.4) is 0 Å². The Kier molecular flexibility index (Phi) is 5.64. The zero-order valence-electron chi connectivity index (χ0n) is 7.02. The molecule has 0 spiro atoms. The number of ether oxygens (including phenoxy) is 1. The van der Waals surface area contributed by atoms with Gasteiger partial charge in [-0.1, -0.05) is 6.04 Å². The van der Waals surface area contributed by atoms with Gasteiger partial charge in [0.2, 0.25) is 0 Å². The zero-order valence-corrected chi connectivity index (χ0v) is 12.3. The van der Waals surface area contributed by atoms with Crippen molar-refractivity contribution in [2.24, 2.45) is 0 Å². The van der Waals surface area contributed by atoms with E-state index in [1.54, 1.807) is 0 Å². The second-order valence-corrected chi connectivity index (χ2v) is 5.35. The molecule has 0 heterocycles. The monoisotopic (exact) mass is 415 g/mol. The molecule has 0 aliphatic heterocycles. The number of halogens is 2. The summed E-state index contributed by atoms with van der Waals surface area (Å²) in [5.41, 5.74) is 0. The van der Waals surface area contributed by atoms with E-state index in [2.05, 4.69) is 67.6 Å². The van der Waals surface area contributed by atoms with E-state index in [0.717, 1.165) is 24.8 Å². The maximum Gasteiger partial charge on any atom is 0.120 e. The highest BCUT2D eigenvalue weighted by Gasteiger charge is 1.98. The summed E-state index contributed by atoms with van der Waals surface area (Å²) in [4.78, 5) is 0. The van der Waals surface area contributed by atoms with E-state index in [9.17, 15) is 0 Å². The minimum Gasteiger partial charge on any atom is -0.494 e. The van der Waals surface area contributed by atoms with Crippen molar-refractivity contribution in [3.63, 3.8) is 0 Å². The van der Waals surface area contributed by atoms with Crippen molar-refractivity contribution >= 4 is 55.4 Å². The van der Waals surface area contributed by atoms with Crippen LogP contribution in [0.15, 0.2) is 18.2 Å². The molecule has 0 fully saturated rings. The van der Waals surface area contributed by atoms with Crippen molar-refractivity contribution in [2.45, 2.75) is 12.5 Å². The highest BCUT2D eigenvalue weighted by Crippen LogP contribution is 2.21. The van der Waals surface area contributed by atoms with Gasteiger partial charge in [0.25, 0.3) is 0 Å². The van der Waals surface area contributed by atoms with Crippen LogP contribution >= 0.6 is 45.2 Å². The summed E-state index contributed by atoms with van der Waals surface area (Å²) in [5, 5.41) is 0. The van der Waals surface area contributed by atoms with Gasteiger partial charge in [-0.05, 0) is 69.8 Å². The molecule has 1 nitrogen and oxygen atoms in total. The Morgan fingerprint density at radius 3 is 2.62 bits per heavy atom. The van der Waals surface area contributed by atoms with Gasteiger partial charge in [-0.3, -0.25) is 0 Å². The largest absolute Gasteiger partial charge is 0.494 e. The Balaban J connectivity index is 2.53. The molecule has 1 rings (SSSR count). The van der Waals surface area contributed by atoms with Crippen LogP contribution in [0.1, 0.15) is 6.42 Å². The van der Waals surface area contributed by atoms with Crippen molar-refractivity contribution < 1.29 is 4.74 Å². The number of benzene rings is 1. The standard InChI is InChI=1S/C9H9I2OSi/c10-8-3-2-7(6-9(8)11)12-4-1-5-13/h2-3,6H,1,4-5H2. The second-order valence-electron chi connectivity index (χ2n) is 2.53. The van der Waals surface area contributed by atoms with E-state index in [0.29, 0.717) is 0 Å². The first-order chi connectivity index (χ1) is 6.24. The van der Waals surface area contributed by atoms with Crippen molar-refractivity contribution in [3.05, 3.63) is 25.3 Å². The Hall–Kier alpha value is 0.697. The summed E-state index contributed by atoms with van der Waals surface area (Å²) in [5.74, 6) is 0.963. The summed E-state index contributed by atoms with van der Waals surface area (Å²) in [6.07, 6.45) is 1.04. The number of rotatable bonds is 4. The number of hydrogen-bond acceptors (Lipinski definition) is 1. The minimum atomic E-state index is 0.778. The first-order valence-corrected chi connectivity index (χ1v) is 6.83.